The highest BCUT2D eigenvalue weighted by atomic mass is 35.5. The van der Waals surface area contributed by atoms with Gasteiger partial charge in [0.05, 0.1) is 11.6 Å². The molecule has 122 valence electrons. The first-order valence-corrected chi connectivity index (χ1v) is 8.64. The van der Waals surface area contributed by atoms with Crippen molar-refractivity contribution in [1.29, 1.82) is 0 Å². The van der Waals surface area contributed by atoms with Gasteiger partial charge in [-0.2, -0.15) is 0 Å². The van der Waals surface area contributed by atoms with E-state index in [0.29, 0.717) is 19.8 Å². The Hall–Kier alpha value is -1.89. The molecule has 1 aliphatic heterocycles. The topological polar surface area (TPSA) is 32.3 Å². The van der Waals surface area contributed by atoms with Gasteiger partial charge in [-0.15, -0.1) is 0 Å². The molecule has 1 fully saturated rings. The Morgan fingerprint density at radius 1 is 1.25 bits per heavy atom. The van der Waals surface area contributed by atoms with Gasteiger partial charge in [-0.05, 0) is 30.3 Å². The molecule has 0 atom stereocenters. The predicted octanol–water partition coefficient (Wildman–Crippen LogP) is 4.75. The monoisotopic (exact) mass is 378 g/mol. The first-order valence-electron chi connectivity index (χ1n) is 7.04. The fraction of sp³-hybridized carbons (Fsp3) is 0.0588. The number of amides is 1. The number of thiocarbonyl (C=S) groups is 1. The van der Waals surface area contributed by atoms with Gasteiger partial charge in [0.15, 0.2) is 0 Å². The van der Waals surface area contributed by atoms with Crippen molar-refractivity contribution >= 4 is 57.6 Å². The Morgan fingerprint density at radius 2 is 2.04 bits per heavy atom. The summed E-state index contributed by atoms with van der Waals surface area (Å²) in [5, 5.41) is 3.70. The first kappa shape index (κ1) is 17.0. The standard InChI is InChI=1S/C17H12ClFN2OS2/c18-12-5-3-6-13(9-12)20-10-21-16(22)15(24-17(21)23)8-11-4-1-2-7-14(11)19/h1-9,20H,10H2/b15-8-. The summed E-state index contributed by atoms with van der Waals surface area (Å²) in [6, 6.07) is 13.5. The van der Waals surface area contributed by atoms with Crippen molar-refractivity contribution in [3.63, 3.8) is 0 Å². The Morgan fingerprint density at radius 3 is 2.79 bits per heavy atom. The Labute approximate surface area is 153 Å². The van der Waals surface area contributed by atoms with Crippen molar-refractivity contribution in [2.24, 2.45) is 0 Å². The van der Waals surface area contributed by atoms with E-state index in [9.17, 15) is 9.18 Å². The minimum atomic E-state index is -0.375. The van der Waals surface area contributed by atoms with Gasteiger partial charge < -0.3 is 5.32 Å². The average Bonchev–Trinajstić information content (AvgIpc) is 2.82. The zero-order valence-corrected chi connectivity index (χ0v) is 14.7. The molecule has 3 nitrogen and oxygen atoms in total. The Kier molecular flexibility index (Phi) is 5.18. The van der Waals surface area contributed by atoms with Gasteiger partial charge in [0.2, 0.25) is 0 Å². The highest BCUT2D eigenvalue weighted by molar-refractivity contribution is 8.26. The summed E-state index contributed by atoms with van der Waals surface area (Å²) in [7, 11) is 0. The van der Waals surface area contributed by atoms with Crippen LogP contribution in [-0.2, 0) is 4.79 Å². The second kappa shape index (κ2) is 7.34. The smallest absolute Gasteiger partial charge is 0.267 e. The molecule has 2 aromatic carbocycles. The fourth-order valence-electron chi connectivity index (χ4n) is 2.14. The van der Waals surface area contributed by atoms with Crippen LogP contribution in [0.5, 0.6) is 0 Å². The first-order chi connectivity index (χ1) is 11.5. The van der Waals surface area contributed by atoms with Crippen LogP contribution in [0.15, 0.2) is 53.4 Å². The van der Waals surface area contributed by atoms with E-state index in [4.69, 9.17) is 23.8 Å². The van der Waals surface area contributed by atoms with Crippen LogP contribution in [0.25, 0.3) is 6.08 Å². The summed E-state index contributed by atoms with van der Waals surface area (Å²) < 4.78 is 14.2. The fourth-order valence-corrected chi connectivity index (χ4v) is 3.57. The van der Waals surface area contributed by atoms with E-state index in [2.05, 4.69) is 5.32 Å². The summed E-state index contributed by atoms with van der Waals surface area (Å²) in [4.78, 5) is 14.3. The van der Waals surface area contributed by atoms with E-state index in [1.807, 2.05) is 12.1 Å². The third-order valence-corrected chi connectivity index (χ3v) is 4.94. The largest absolute Gasteiger partial charge is 0.367 e. The van der Waals surface area contributed by atoms with Crippen LogP contribution in [0.4, 0.5) is 10.1 Å². The molecule has 0 aromatic heterocycles. The molecule has 3 rings (SSSR count). The summed E-state index contributed by atoms with van der Waals surface area (Å²) in [6.45, 7) is 0.222. The van der Waals surface area contributed by atoms with Gasteiger partial charge in [-0.1, -0.05) is 59.8 Å². The number of nitrogens with one attached hydrogen (secondary N) is 1. The maximum atomic E-state index is 13.7. The van der Waals surface area contributed by atoms with E-state index in [1.165, 1.54) is 17.0 Å². The number of thioether (sulfide) groups is 1. The molecular weight excluding hydrogens is 367 g/mol. The SMILES string of the molecule is O=C1/C(=C/c2ccccc2F)SC(=S)N1CNc1cccc(Cl)c1. The van der Waals surface area contributed by atoms with E-state index in [0.717, 1.165) is 17.4 Å². The van der Waals surface area contributed by atoms with Crippen LogP contribution in [0, 0.1) is 5.82 Å². The van der Waals surface area contributed by atoms with Crippen molar-refractivity contribution in [2.45, 2.75) is 0 Å². The van der Waals surface area contributed by atoms with Gasteiger partial charge in [0.25, 0.3) is 5.91 Å². The second-order valence-corrected chi connectivity index (χ2v) is 7.09. The van der Waals surface area contributed by atoms with Crippen molar-refractivity contribution in [1.82, 2.24) is 4.90 Å². The van der Waals surface area contributed by atoms with E-state index < -0.39 is 0 Å². The number of hydrogen-bond acceptors (Lipinski definition) is 4. The van der Waals surface area contributed by atoms with Crippen LogP contribution >= 0.6 is 35.6 Å². The van der Waals surface area contributed by atoms with Gasteiger partial charge in [-0.25, -0.2) is 4.39 Å². The molecule has 0 aliphatic carbocycles. The van der Waals surface area contributed by atoms with E-state index in [-0.39, 0.29) is 18.4 Å². The molecular formula is C17H12ClFN2OS2. The lowest BCUT2D eigenvalue weighted by Gasteiger charge is -2.16. The third-order valence-electron chi connectivity index (χ3n) is 3.33. The number of halogens is 2. The number of carbonyl (C=O) groups excluding carboxylic acids is 1. The molecule has 1 saturated heterocycles. The second-order valence-electron chi connectivity index (χ2n) is 4.98. The molecule has 7 heteroatoms. The summed E-state index contributed by atoms with van der Waals surface area (Å²) in [6.07, 6.45) is 1.52. The number of anilines is 1. The van der Waals surface area contributed by atoms with Crippen LogP contribution in [0.1, 0.15) is 5.56 Å². The van der Waals surface area contributed by atoms with Crippen molar-refractivity contribution in [3.05, 3.63) is 69.8 Å². The molecule has 0 saturated carbocycles. The quantitative estimate of drug-likeness (QED) is 0.614. The molecule has 0 spiro atoms. The summed E-state index contributed by atoms with van der Waals surface area (Å²) >= 11 is 12.3. The molecule has 1 heterocycles. The number of carbonyl (C=O) groups is 1. The highest BCUT2D eigenvalue weighted by Crippen LogP contribution is 2.32. The normalized spacial score (nSPS) is 16.1. The maximum Gasteiger partial charge on any atom is 0.267 e. The third kappa shape index (κ3) is 3.77. The summed E-state index contributed by atoms with van der Waals surface area (Å²) in [5.41, 5.74) is 1.15. The van der Waals surface area contributed by atoms with Gasteiger partial charge >= 0.3 is 0 Å². The Bertz CT molecular complexity index is 841. The van der Waals surface area contributed by atoms with Gasteiger partial charge in [-0.3, -0.25) is 9.69 Å². The molecule has 0 unspecified atom stereocenters. The van der Waals surface area contributed by atoms with E-state index >= 15 is 0 Å². The van der Waals surface area contributed by atoms with Crippen LogP contribution in [-0.4, -0.2) is 21.8 Å². The van der Waals surface area contributed by atoms with Crippen LogP contribution < -0.4 is 5.32 Å². The summed E-state index contributed by atoms with van der Waals surface area (Å²) in [5.74, 6) is -0.623. The van der Waals surface area contributed by atoms with Gasteiger partial charge in [0.1, 0.15) is 10.1 Å². The Balaban J connectivity index is 1.73. The number of hydrogen-bond donors (Lipinski definition) is 1. The molecule has 1 N–H and O–H groups in total. The van der Waals surface area contributed by atoms with Crippen LogP contribution in [0.2, 0.25) is 5.02 Å². The zero-order chi connectivity index (χ0) is 17.1. The molecule has 24 heavy (non-hydrogen) atoms. The molecule has 2 aromatic rings. The maximum absolute atomic E-state index is 13.7. The van der Waals surface area contributed by atoms with Crippen LogP contribution in [0.3, 0.4) is 0 Å². The predicted molar refractivity (Wildman–Crippen MR) is 101 cm³/mol. The molecule has 1 amide bonds. The average molecular weight is 379 g/mol. The minimum Gasteiger partial charge on any atom is -0.367 e. The van der Waals surface area contributed by atoms with Crippen molar-refractivity contribution in [2.75, 3.05) is 12.0 Å². The van der Waals surface area contributed by atoms with Gasteiger partial charge in [0, 0.05) is 16.3 Å². The lowest BCUT2D eigenvalue weighted by molar-refractivity contribution is -0.121. The number of benzene rings is 2. The zero-order valence-electron chi connectivity index (χ0n) is 12.3. The lowest BCUT2D eigenvalue weighted by atomic mass is 10.2. The molecule has 1 aliphatic rings. The number of nitrogens with zero attached hydrogens (tertiary/aromatic N) is 1. The van der Waals surface area contributed by atoms with Crippen molar-refractivity contribution in [3.8, 4) is 0 Å². The molecule has 0 radical (unpaired) electrons. The number of rotatable bonds is 4. The molecule has 0 bridgehead atoms. The minimum absolute atomic E-state index is 0.222. The van der Waals surface area contributed by atoms with E-state index in [1.54, 1.807) is 30.3 Å². The highest BCUT2D eigenvalue weighted by Gasteiger charge is 2.31. The van der Waals surface area contributed by atoms with Crippen molar-refractivity contribution < 1.29 is 9.18 Å². The lowest BCUT2D eigenvalue weighted by Crippen LogP contribution is -2.33.